The van der Waals surface area contributed by atoms with Crippen LogP contribution < -0.4 is 11.1 Å². The molecule has 0 unspecified atom stereocenters. The van der Waals surface area contributed by atoms with Gasteiger partial charge in [-0.15, -0.1) is 0 Å². The standard InChI is InChI=1S/C29H28N2O2.CH3NO2/c1-29(2,3)24-14-11-20(12-15-24)26-10-6-8-21-17-22(13-16-27(21)26)25-9-5-4-7-23(25)18-30-19-31-28(32)33;2-1(3)4/h4-17,19H,18H2,1-3H3,(H,30,31)(H,32,33);2H2,(H,3,4). The van der Waals surface area contributed by atoms with Crippen LogP contribution in [0.3, 0.4) is 0 Å². The summed E-state index contributed by atoms with van der Waals surface area (Å²) >= 11 is 0. The maximum absolute atomic E-state index is 10.6. The third kappa shape index (κ3) is 7.41. The predicted molar refractivity (Wildman–Crippen MR) is 149 cm³/mol. The summed E-state index contributed by atoms with van der Waals surface area (Å²) in [6.07, 6.45) is -1.23. The predicted octanol–water partition coefficient (Wildman–Crippen LogP) is 6.89. The van der Waals surface area contributed by atoms with Gasteiger partial charge in [0.25, 0.3) is 0 Å². The lowest BCUT2D eigenvalue weighted by molar-refractivity contribution is 0.200. The van der Waals surface area contributed by atoms with E-state index < -0.39 is 12.2 Å². The molecule has 0 aliphatic carbocycles. The van der Waals surface area contributed by atoms with E-state index in [1.807, 2.05) is 18.2 Å². The summed E-state index contributed by atoms with van der Waals surface area (Å²) in [5.74, 6) is 0. The molecule has 0 saturated heterocycles. The van der Waals surface area contributed by atoms with Crippen LogP contribution in [-0.4, -0.2) is 28.7 Å². The molecule has 7 nitrogen and oxygen atoms in total. The largest absolute Gasteiger partial charge is 0.465 e. The number of carbonyl (C=O) groups is 2. The number of primary amides is 1. The molecule has 37 heavy (non-hydrogen) atoms. The van der Waals surface area contributed by atoms with Crippen molar-refractivity contribution >= 4 is 29.3 Å². The Morgan fingerprint density at radius 2 is 1.49 bits per heavy atom. The van der Waals surface area contributed by atoms with E-state index >= 15 is 0 Å². The first-order chi connectivity index (χ1) is 17.6. The van der Waals surface area contributed by atoms with Crippen molar-refractivity contribution in [3.8, 4) is 22.3 Å². The molecule has 0 aromatic heterocycles. The second-order valence-electron chi connectivity index (χ2n) is 9.48. The molecule has 4 rings (SSSR count). The summed E-state index contributed by atoms with van der Waals surface area (Å²) in [7, 11) is 0. The Bertz CT molecular complexity index is 1420. The van der Waals surface area contributed by atoms with Crippen LogP contribution in [0.25, 0.3) is 33.0 Å². The molecule has 0 atom stereocenters. The van der Waals surface area contributed by atoms with Crippen LogP contribution in [-0.2, 0) is 12.0 Å². The fourth-order valence-electron chi connectivity index (χ4n) is 4.04. The summed E-state index contributed by atoms with van der Waals surface area (Å²) in [5, 5.41) is 20.4. The number of hydrogen-bond acceptors (Lipinski definition) is 3. The molecule has 190 valence electrons. The Labute approximate surface area is 216 Å². The molecule has 0 aliphatic rings. The van der Waals surface area contributed by atoms with Gasteiger partial charge in [-0.1, -0.05) is 99.6 Å². The number of nitrogens with two attached hydrogens (primary N) is 1. The topological polar surface area (TPSA) is 125 Å². The van der Waals surface area contributed by atoms with Gasteiger partial charge >= 0.3 is 12.2 Å². The normalized spacial score (nSPS) is 11.1. The van der Waals surface area contributed by atoms with Crippen LogP contribution in [0.4, 0.5) is 9.59 Å². The Kier molecular flexibility index (Phi) is 8.64. The van der Waals surface area contributed by atoms with E-state index in [9.17, 15) is 4.79 Å². The number of rotatable bonds is 5. The van der Waals surface area contributed by atoms with Gasteiger partial charge in [-0.05, 0) is 55.6 Å². The number of nitrogens with one attached hydrogen (secondary N) is 1. The zero-order chi connectivity index (χ0) is 27.0. The van der Waals surface area contributed by atoms with Crippen LogP contribution in [0.1, 0.15) is 31.9 Å². The van der Waals surface area contributed by atoms with Crippen LogP contribution in [0.5, 0.6) is 0 Å². The number of nitrogens with zero attached hydrogens (tertiary/aromatic N) is 1. The molecule has 4 aromatic carbocycles. The fraction of sp³-hybridized carbons (Fsp3) is 0.167. The maximum atomic E-state index is 10.6. The van der Waals surface area contributed by atoms with Crippen molar-refractivity contribution in [1.29, 1.82) is 0 Å². The first-order valence-electron chi connectivity index (χ1n) is 11.7. The van der Waals surface area contributed by atoms with E-state index in [1.54, 1.807) is 0 Å². The Morgan fingerprint density at radius 1 is 0.865 bits per heavy atom. The summed E-state index contributed by atoms with van der Waals surface area (Å²) in [4.78, 5) is 23.6. The fourth-order valence-corrected chi connectivity index (χ4v) is 4.04. The molecule has 7 heteroatoms. The van der Waals surface area contributed by atoms with E-state index in [4.69, 9.17) is 15.0 Å². The minimum atomic E-state index is -1.33. The summed E-state index contributed by atoms with van der Waals surface area (Å²) in [6, 6.07) is 29.9. The molecule has 0 bridgehead atoms. The third-order valence-electron chi connectivity index (χ3n) is 5.81. The summed E-state index contributed by atoms with van der Waals surface area (Å²) < 4.78 is 0. The smallest absolute Gasteiger partial charge is 0.409 e. The van der Waals surface area contributed by atoms with Gasteiger partial charge in [-0.25, -0.2) is 9.59 Å². The highest BCUT2D eigenvalue weighted by atomic mass is 16.4. The summed E-state index contributed by atoms with van der Waals surface area (Å²) in [6.45, 7) is 7.09. The molecule has 2 amide bonds. The SMILES string of the molecule is CC(C)(C)c1ccc(-c2cccc3cc(-c4ccccc4CN=CNC(=O)O)ccc23)cc1.NC(=O)O. The average molecular weight is 498 g/mol. The van der Waals surface area contributed by atoms with Gasteiger partial charge in [0.1, 0.15) is 0 Å². The summed E-state index contributed by atoms with van der Waals surface area (Å²) in [5.41, 5.74) is 11.2. The Morgan fingerprint density at radius 3 is 2.14 bits per heavy atom. The lowest BCUT2D eigenvalue weighted by Gasteiger charge is -2.19. The van der Waals surface area contributed by atoms with Crippen molar-refractivity contribution in [2.24, 2.45) is 10.7 Å². The zero-order valence-electron chi connectivity index (χ0n) is 21.1. The first-order valence-corrected chi connectivity index (χ1v) is 11.7. The molecular weight excluding hydrogens is 466 g/mol. The van der Waals surface area contributed by atoms with Gasteiger partial charge in [-0.3, -0.25) is 10.3 Å². The van der Waals surface area contributed by atoms with Crippen LogP contribution in [0, 0.1) is 0 Å². The quantitative estimate of drug-likeness (QED) is 0.177. The lowest BCUT2D eigenvalue weighted by atomic mass is 9.86. The van der Waals surface area contributed by atoms with E-state index in [1.165, 1.54) is 33.8 Å². The lowest BCUT2D eigenvalue weighted by Crippen LogP contribution is -2.18. The van der Waals surface area contributed by atoms with E-state index in [-0.39, 0.29) is 5.41 Å². The van der Waals surface area contributed by atoms with Crippen molar-refractivity contribution in [3.63, 3.8) is 0 Å². The molecule has 0 saturated carbocycles. The van der Waals surface area contributed by atoms with Crippen LogP contribution >= 0.6 is 0 Å². The van der Waals surface area contributed by atoms with Crippen molar-refractivity contribution < 1.29 is 19.8 Å². The molecular formula is C30H31N3O4. The van der Waals surface area contributed by atoms with Gasteiger partial charge in [0, 0.05) is 0 Å². The molecule has 4 aromatic rings. The third-order valence-corrected chi connectivity index (χ3v) is 5.81. The number of carboxylic acid groups (broad SMARTS) is 2. The first kappa shape index (κ1) is 26.9. The van der Waals surface area contributed by atoms with Gasteiger partial charge in [0.05, 0.1) is 12.9 Å². The van der Waals surface area contributed by atoms with Crippen molar-refractivity contribution in [2.45, 2.75) is 32.7 Å². The van der Waals surface area contributed by atoms with Crippen LogP contribution in [0.15, 0.2) is 89.9 Å². The second kappa shape index (κ2) is 11.9. The Hall–Kier alpha value is -4.65. The highest BCUT2D eigenvalue weighted by molar-refractivity contribution is 5.98. The van der Waals surface area contributed by atoms with Gasteiger partial charge in [0.15, 0.2) is 0 Å². The maximum Gasteiger partial charge on any atom is 0.409 e. The molecule has 0 heterocycles. The molecule has 0 aliphatic heterocycles. The zero-order valence-corrected chi connectivity index (χ0v) is 21.1. The molecule has 5 N–H and O–H groups in total. The van der Waals surface area contributed by atoms with Crippen molar-refractivity contribution in [1.82, 2.24) is 5.32 Å². The number of benzene rings is 4. The van der Waals surface area contributed by atoms with Gasteiger partial charge in [-0.2, -0.15) is 0 Å². The van der Waals surface area contributed by atoms with Gasteiger partial charge in [0.2, 0.25) is 0 Å². The number of amides is 2. The second-order valence-corrected chi connectivity index (χ2v) is 9.48. The number of fused-ring (bicyclic) bond motifs is 1. The highest BCUT2D eigenvalue weighted by Gasteiger charge is 2.14. The van der Waals surface area contributed by atoms with Crippen molar-refractivity contribution in [3.05, 3.63) is 96.1 Å². The molecule has 0 spiro atoms. The van der Waals surface area contributed by atoms with E-state index in [0.29, 0.717) is 6.54 Å². The minimum Gasteiger partial charge on any atom is -0.465 e. The highest BCUT2D eigenvalue weighted by Crippen LogP contribution is 2.34. The monoisotopic (exact) mass is 497 g/mol. The van der Waals surface area contributed by atoms with Crippen molar-refractivity contribution in [2.75, 3.05) is 0 Å². The average Bonchev–Trinajstić information content (AvgIpc) is 2.85. The number of aliphatic imine (C=N–C) groups is 1. The Balaban J connectivity index is 0.000000886. The molecule has 0 radical (unpaired) electrons. The number of hydrogen-bond donors (Lipinski definition) is 4. The molecule has 0 fully saturated rings. The van der Waals surface area contributed by atoms with Gasteiger partial charge < -0.3 is 15.9 Å². The minimum absolute atomic E-state index is 0.132. The van der Waals surface area contributed by atoms with Crippen LogP contribution in [0.2, 0.25) is 0 Å². The van der Waals surface area contributed by atoms with E-state index in [0.717, 1.165) is 16.7 Å². The van der Waals surface area contributed by atoms with E-state index in [2.05, 4.69) is 104 Å².